The van der Waals surface area contributed by atoms with Gasteiger partial charge < -0.3 is 10.6 Å². The lowest BCUT2D eigenvalue weighted by atomic mass is 10.2. The van der Waals surface area contributed by atoms with Crippen LogP contribution in [0.1, 0.15) is 31.1 Å². The van der Waals surface area contributed by atoms with Crippen molar-refractivity contribution in [1.29, 1.82) is 0 Å². The van der Waals surface area contributed by atoms with Crippen molar-refractivity contribution >= 4 is 39.7 Å². The van der Waals surface area contributed by atoms with Crippen LogP contribution >= 0.6 is 23.7 Å². The Morgan fingerprint density at radius 1 is 1.33 bits per heavy atom. The van der Waals surface area contributed by atoms with Gasteiger partial charge in [0.05, 0.1) is 0 Å². The van der Waals surface area contributed by atoms with E-state index in [4.69, 9.17) is 0 Å². The SMILES string of the molecule is CCCNCCNC(=O)C1CCCN1S(=O)(=O)c1ccc(C)s1.Cl. The van der Waals surface area contributed by atoms with Gasteiger partial charge in [0.15, 0.2) is 0 Å². The summed E-state index contributed by atoms with van der Waals surface area (Å²) in [6.45, 7) is 6.49. The van der Waals surface area contributed by atoms with E-state index in [9.17, 15) is 13.2 Å². The quantitative estimate of drug-likeness (QED) is 0.657. The maximum atomic E-state index is 12.7. The average Bonchev–Trinajstić information content (AvgIpc) is 3.16. The second kappa shape index (κ2) is 9.72. The zero-order valence-corrected chi connectivity index (χ0v) is 16.5. The largest absolute Gasteiger partial charge is 0.353 e. The standard InChI is InChI=1S/C15H25N3O3S2.ClH/c1-3-8-16-9-10-17-15(19)13-5-4-11-18(13)23(20,21)14-7-6-12(2)22-14;/h6-7,13,16H,3-5,8-11H2,1-2H3,(H,17,19);1H. The number of aryl methyl sites for hydroxylation is 1. The zero-order chi connectivity index (χ0) is 16.9. The molecule has 0 radical (unpaired) electrons. The molecule has 2 rings (SSSR count). The highest BCUT2D eigenvalue weighted by molar-refractivity contribution is 7.91. The minimum atomic E-state index is -3.58. The maximum Gasteiger partial charge on any atom is 0.253 e. The molecule has 24 heavy (non-hydrogen) atoms. The molecule has 1 atom stereocenters. The molecule has 9 heteroatoms. The van der Waals surface area contributed by atoms with Crippen LogP contribution in [0.4, 0.5) is 0 Å². The normalized spacial score (nSPS) is 18.3. The van der Waals surface area contributed by atoms with Crippen LogP contribution in [0.3, 0.4) is 0 Å². The van der Waals surface area contributed by atoms with Gasteiger partial charge in [-0.2, -0.15) is 4.31 Å². The van der Waals surface area contributed by atoms with Crippen LogP contribution in [0, 0.1) is 6.92 Å². The first-order valence-corrected chi connectivity index (χ1v) is 10.3. The Balaban J connectivity index is 0.00000288. The van der Waals surface area contributed by atoms with E-state index in [1.165, 1.54) is 15.6 Å². The van der Waals surface area contributed by atoms with Crippen molar-refractivity contribution in [2.75, 3.05) is 26.2 Å². The fourth-order valence-electron chi connectivity index (χ4n) is 2.65. The minimum Gasteiger partial charge on any atom is -0.353 e. The molecule has 0 aromatic carbocycles. The van der Waals surface area contributed by atoms with Gasteiger partial charge in [0.1, 0.15) is 10.3 Å². The predicted molar refractivity (Wildman–Crippen MR) is 99.4 cm³/mol. The molecule has 1 aromatic heterocycles. The highest BCUT2D eigenvalue weighted by Gasteiger charge is 2.39. The molecule has 2 heterocycles. The Morgan fingerprint density at radius 3 is 2.71 bits per heavy atom. The van der Waals surface area contributed by atoms with Crippen molar-refractivity contribution in [1.82, 2.24) is 14.9 Å². The first kappa shape index (κ1) is 21.4. The monoisotopic (exact) mass is 395 g/mol. The van der Waals surface area contributed by atoms with E-state index in [-0.39, 0.29) is 18.3 Å². The molecule has 1 aliphatic heterocycles. The lowest BCUT2D eigenvalue weighted by molar-refractivity contribution is -0.124. The Bertz CT molecular complexity index is 634. The molecule has 0 spiro atoms. The van der Waals surface area contributed by atoms with Gasteiger partial charge in [-0.3, -0.25) is 4.79 Å². The van der Waals surface area contributed by atoms with E-state index in [0.29, 0.717) is 30.3 Å². The van der Waals surface area contributed by atoms with Crippen LogP contribution in [-0.4, -0.2) is 50.9 Å². The molecule has 1 amide bonds. The Hall–Kier alpha value is -0.670. The Labute approximate surface area is 154 Å². The molecular weight excluding hydrogens is 370 g/mol. The Kier molecular flexibility index (Phi) is 8.66. The van der Waals surface area contributed by atoms with Gasteiger partial charge in [-0.05, 0) is 44.9 Å². The van der Waals surface area contributed by atoms with Gasteiger partial charge in [0.25, 0.3) is 10.0 Å². The lowest BCUT2D eigenvalue weighted by Gasteiger charge is -2.22. The van der Waals surface area contributed by atoms with Crippen molar-refractivity contribution in [2.24, 2.45) is 0 Å². The number of halogens is 1. The van der Waals surface area contributed by atoms with Crippen LogP contribution in [0.5, 0.6) is 0 Å². The summed E-state index contributed by atoms with van der Waals surface area (Å²) >= 11 is 1.25. The van der Waals surface area contributed by atoms with Crippen molar-refractivity contribution in [3.05, 3.63) is 17.0 Å². The smallest absolute Gasteiger partial charge is 0.253 e. The summed E-state index contributed by atoms with van der Waals surface area (Å²) in [4.78, 5) is 13.3. The van der Waals surface area contributed by atoms with E-state index >= 15 is 0 Å². The number of rotatable bonds is 8. The number of nitrogens with zero attached hydrogens (tertiary/aromatic N) is 1. The highest BCUT2D eigenvalue weighted by Crippen LogP contribution is 2.30. The van der Waals surface area contributed by atoms with Gasteiger partial charge in [-0.25, -0.2) is 8.42 Å². The number of carbonyl (C=O) groups is 1. The van der Waals surface area contributed by atoms with Gasteiger partial charge in [-0.1, -0.05) is 6.92 Å². The van der Waals surface area contributed by atoms with Crippen LogP contribution in [-0.2, 0) is 14.8 Å². The molecule has 0 aliphatic carbocycles. The third-order valence-electron chi connectivity index (χ3n) is 3.81. The average molecular weight is 396 g/mol. The maximum absolute atomic E-state index is 12.7. The van der Waals surface area contributed by atoms with Crippen LogP contribution in [0.25, 0.3) is 0 Å². The summed E-state index contributed by atoms with van der Waals surface area (Å²) in [6, 6.07) is 2.83. The number of hydrogen-bond donors (Lipinski definition) is 2. The van der Waals surface area contributed by atoms with E-state index in [1.54, 1.807) is 12.1 Å². The number of hydrogen-bond acceptors (Lipinski definition) is 5. The summed E-state index contributed by atoms with van der Waals surface area (Å²) < 4.78 is 27.1. The molecule has 1 fully saturated rings. The molecular formula is C15H26ClN3O3S2. The topological polar surface area (TPSA) is 78.5 Å². The molecule has 1 aliphatic rings. The Morgan fingerprint density at radius 2 is 2.08 bits per heavy atom. The predicted octanol–water partition coefficient (Wildman–Crippen LogP) is 1.75. The van der Waals surface area contributed by atoms with Gasteiger partial charge >= 0.3 is 0 Å². The third kappa shape index (κ3) is 5.16. The summed E-state index contributed by atoms with van der Waals surface area (Å²) in [5, 5.41) is 6.04. The van der Waals surface area contributed by atoms with Crippen molar-refractivity contribution < 1.29 is 13.2 Å². The number of amides is 1. The molecule has 138 valence electrons. The van der Waals surface area contributed by atoms with E-state index in [0.717, 1.165) is 24.3 Å². The number of thiophene rings is 1. The number of carbonyl (C=O) groups excluding carboxylic acids is 1. The van der Waals surface area contributed by atoms with Crippen molar-refractivity contribution in [3.8, 4) is 0 Å². The lowest BCUT2D eigenvalue weighted by Crippen LogP contribution is -2.47. The van der Waals surface area contributed by atoms with E-state index in [2.05, 4.69) is 17.6 Å². The summed E-state index contributed by atoms with van der Waals surface area (Å²) in [7, 11) is -3.58. The molecule has 2 N–H and O–H groups in total. The molecule has 0 bridgehead atoms. The van der Waals surface area contributed by atoms with Crippen LogP contribution in [0.2, 0.25) is 0 Å². The summed E-state index contributed by atoms with van der Waals surface area (Å²) in [6.07, 6.45) is 2.34. The van der Waals surface area contributed by atoms with E-state index < -0.39 is 16.1 Å². The van der Waals surface area contributed by atoms with Crippen LogP contribution in [0.15, 0.2) is 16.3 Å². The fraction of sp³-hybridized carbons (Fsp3) is 0.667. The van der Waals surface area contributed by atoms with Gasteiger partial charge in [0, 0.05) is 24.5 Å². The molecule has 0 saturated carbocycles. The van der Waals surface area contributed by atoms with Gasteiger partial charge in [-0.15, -0.1) is 23.7 Å². The van der Waals surface area contributed by atoms with E-state index in [1.807, 2.05) is 6.92 Å². The highest BCUT2D eigenvalue weighted by atomic mass is 35.5. The molecule has 6 nitrogen and oxygen atoms in total. The molecule has 1 unspecified atom stereocenters. The minimum absolute atomic E-state index is 0. The second-order valence-corrected chi connectivity index (χ2v) is 9.09. The fourth-order valence-corrected chi connectivity index (χ4v) is 5.72. The molecule has 1 saturated heterocycles. The molecule has 1 aromatic rings. The van der Waals surface area contributed by atoms with Gasteiger partial charge in [0.2, 0.25) is 5.91 Å². The van der Waals surface area contributed by atoms with Crippen molar-refractivity contribution in [2.45, 2.75) is 43.4 Å². The summed E-state index contributed by atoms with van der Waals surface area (Å²) in [5.41, 5.74) is 0. The third-order valence-corrected chi connectivity index (χ3v) is 7.19. The number of nitrogens with one attached hydrogen (secondary N) is 2. The summed E-state index contributed by atoms with van der Waals surface area (Å²) in [5.74, 6) is -0.197. The zero-order valence-electron chi connectivity index (χ0n) is 14.1. The van der Waals surface area contributed by atoms with Crippen molar-refractivity contribution in [3.63, 3.8) is 0 Å². The first-order valence-electron chi connectivity index (χ1n) is 8.03. The first-order chi connectivity index (χ1) is 11.0. The van der Waals surface area contributed by atoms with Crippen LogP contribution < -0.4 is 10.6 Å². The second-order valence-electron chi connectivity index (χ2n) is 5.68. The number of sulfonamides is 1.